The van der Waals surface area contributed by atoms with Crippen molar-refractivity contribution in [3.8, 4) is 11.5 Å². The summed E-state index contributed by atoms with van der Waals surface area (Å²) in [5, 5.41) is 4.13. The smallest absolute Gasteiger partial charge is 0.410 e. The monoisotopic (exact) mass is 435 g/mol. The number of likely N-dealkylation sites (tertiary alicyclic amines) is 1. The van der Waals surface area contributed by atoms with E-state index in [4.69, 9.17) is 26.4 Å². The lowest BCUT2D eigenvalue weighted by Crippen LogP contribution is -2.52. The minimum Gasteiger partial charge on any atom is -0.497 e. The number of thiocarbonyl (C=S) groups is 1. The molecule has 1 N–H and O–H groups in total. The molecule has 0 radical (unpaired) electrons. The highest BCUT2D eigenvalue weighted by molar-refractivity contribution is 7.80. The normalized spacial score (nSPS) is 19.8. The number of hydrogen-bond donors (Lipinski definition) is 1. The lowest BCUT2D eigenvalue weighted by atomic mass is 9.98. The van der Waals surface area contributed by atoms with Gasteiger partial charge in [-0.1, -0.05) is 13.8 Å². The standard InChI is InChI=1S/C22H33N3O4S/c1-15(2)19-14-29-22(26)25(19)17-8-11-24(12-9-17)21(30)23-10-7-16-13-18(27-3)5-6-20(16)28-4/h5-6,13,15,17,19H,7-12,14H2,1-4H3,(H,23,30). The maximum atomic E-state index is 12.2. The Kier molecular flexibility index (Phi) is 7.64. The number of methoxy groups -OCH3 is 2. The van der Waals surface area contributed by atoms with Crippen LogP contribution >= 0.6 is 12.2 Å². The van der Waals surface area contributed by atoms with Crippen LogP contribution in [0.2, 0.25) is 0 Å². The molecule has 30 heavy (non-hydrogen) atoms. The highest BCUT2D eigenvalue weighted by atomic mass is 32.1. The van der Waals surface area contributed by atoms with Crippen molar-refractivity contribution >= 4 is 23.4 Å². The molecule has 0 spiro atoms. The molecule has 166 valence electrons. The van der Waals surface area contributed by atoms with Gasteiger partial charge in [-0.05, 0) is 61.2 Å². The number of cyclic esters (lactones) is 1. The molecule has 3 rings (SSSR count). The van der Waals surface area contributed by atoms with Gasteiger partial charge in [0.05, 0.1) is 20.3 Å². The van der Waals surface area contributed by atoms with Crippen molar-refractivity contribution in [2.24, 2.45) is 5.92 Å². The zero-order valence-electron chi connectivity index (χ0n) is 18.3. The Bertz CT molecular complexity index is 750. The second kappa shape index (κ2) is 10.2. The van der Waals surface area contributed by atoms with Crippen molar-refractivity contribution in [2.45, 2.75) is 45.2 Å². The van der Waals surface area contributed by atoms with Crippen molar-refractivity contribution < 1.29 is 19.0 Å². The third-order valence-electron chi connectivity index (χ3n) is 6.02. The molecule has 1 unspecified atom stereocenters. The van der Waals surface area contributed by atoms with Gasteiger partial charge in [0.1, 0.15) is 18.1 Å². The zero-order valence-corrected chi connectivity index (χ0v) is 19.2. The number of ether oxygens (including phenoxy) is 3. The number of carbonyl (C=O) groups excluding carboxylic acids is 1. The highest BCUT2D eigenvalue weighted by Gasteiger charge is 2.40. The first-order valence-corrected chi connectivity index (χ1v) is 11.0. The fourth-order valence-corrected chi connectivity index (χ4v) is 4.51. The quantitative estimate of drug-likeness (QED) is 0.661. The number of benzene rings is 1. The molecule has 1 amide bonds. The average molecular weight is 436 g/mol. The molecular formula is C22H33N3O4S. The summed E-state index contributed by atoms with van der Waals surface area (Å²) in [6.07, 6.45) is 2.43. The Morgan fingerprint density at radius 2 is 2.00 bits per heavy atom. The van der Waals surface area contributed by atoms with Crippen LogP contribution in [-0.4, -0.2) is 73.5 Å². The van der Waals surface area contributed by atoms with Crippen molar-refractivity contribution in [3.63, 3.8) is 0 Å². The number of carbonyl (C=O) groups is 1. The Morgan fingerprint density at radius 3 is 2.63 bits per heavy atom. The maximum absolute atomic E-state index is 12.2. The van der Waals surface area contributed by atoms with Gasteiger partial charge in [0.15, 0.2) is 5.11 Å². The van der Waals surface area contributed by atoms with Gasteiger partial charge in [0.2, 0.25) is 0 Å². The fourth-order valence-electron chi connectivity index (χ4n) is 4.22. The molecule has 2 saturated heterocycles. The first kappa shape index (κ1) is 22.5. The van der Waals surface area contributed by atoms with E-state index in [1.807, 2.05) is 23.1 Å². The summed E-state index contributed by atoms with van der Waals surface area (Å²) in [6, 6.07) is 6.22. The van der Waals surface area contributed by atoms with Crippen molar-refractivity contribution in [1.29, 1.82) is 0 Å². The number of amides is 1. The molecule has 1 aromatic rings. The van der Waals surface area contributed by atoms with Crippen LogP contribution in [0.15, 0.2) is 18.2 Å². The van der Waals surface area contributed by atoms with Crippen LogP contribution in [0.25, 0.3) is 0 Å². The van der Waals surface area contributed by atoms with Gasteiger partial charge >= 0.3 is 6.09 Å². The molecule has 0 saturated carbocycles. The summed E-state index contributed by atoms with van der Waals surface area (Å²) in [5.74, 6) is 2.06. The van der Waals surface area contributed by atoms with Crippen LogP contribution in [0.4, 0.5) is 4.79 Å². The van der Waals surface area contributed by atoms with E-state index in [2.05, 4.69) is 24.1 Å². The highest BCUT2D eigenvalue weighted by Crippen LogP contribution is 2.28. The van der Waals surface area contributed by atoms with Crippen LogP contribution in [0, 0.1) is 5.92 Å². The van der Waals surface area contributed by atoms with Crippen LogP contribution in [-0.2, 0) is 11.2 Å². The summed E-state index contributed by atoms with van der Waals surface area (Å²) >= 11 is 5.61. The Balaban J connectivity index is 1.47. The first-order valence-electron chi connectivity index (χ1n) is 10.6. The maximum Gasteiger partial charge on any atom is 0.410 e. The molecule has 2 aliphatic rings. The van der Waals surface area contributed by atoms with Gasteiger partial charge in [-0.25, -0.2) is 4.79 Å². The van der Waals surface area contributed by atoms with E-state index >= 15 is 0 Å². The zero-order chi connectivity index (χ0) is 21.7. The fraction of sp³-hybridized carbons (Fsp3) is 0.636. The van der Waals surface area contributed by atoms with Crippen LogP contribution < -0.4 is 14.8 Å². The molecule has 1 atom stereocenters. The third-order valence-corrected chi connectivity index (χ3v) is 6.42. The predicted molar refractivity (Wildman–Crippen MR) is 120 cm³/mol. The minimum atomic E-state index is -0.167. The second-order valence-electron chi connectivity index (χ2n) is 8.17. The van der Waals surface area contributed by atoms with E-state index in [9.17, 15) is 4.79 Å². The largest absolute Gasteiger partial charge is 0.497 e. The second-order valence-corrected chi connectivity index (χ2v) is 8.56. The molecule has 7 nitrogen and oxygen atoms in total. The topological polar surface area (TPSA) is 63.3 Å². The summed E-state index contributed by atoms with van der Waals surface area (Å²) in [6.45, 7) is 7.19. The molecule has 2 heterocycles. The van der Waals surface area contributed by atoms with Crippen molar-refractivity contribution in [1.82, 2.24) is 15.1 Å². The lowest BCUT2D eigenvalue weighted by Gasteiger charge is -2.39. The Morgan fingerprint density at radius 1 is 1.27 bits per heavy atom. The lowest BCUT2D eigenvalue weighted by molar-refractivity contribution is 0.114. The van der Waals surface area contributed by atoms with Crippen molar-refractivity contribution in [2.75, 3.05) is 40.5 Å². The Labute approximate surface area is 184 Å². The van der Waals surface area contributed by atoms with Gasteiger partial charge in [-0.15, -0.1) is 0 Å². The summed E-state index contributed by atoms with van der Waals surface area (Å²) in [5.41, 5.74) is 1.08. The Hall–Kier alpha value is -2.22. The predicted octanol–water partition coefficient (Wildman–Crippen LogP) is 3.06. The average Bonchev–Trinajstić information content (AvgIpc) is 3.15. The number of nitrogens with zero attached hydrogens (tertiary/aromatic N) is 2. The minimum absolute atomic E-state index is 0.167. The van der Waals surface area contributed by atoms with E-state index in [-0.39, 0.29) is 18.2 Å². The summed E-state index contributed by atoms with van der Waals surface area (Å²) in [4.78, 5) is 16.4. The van der Waals surface area contributed by atoms with Crippen molar-refractivity contribution in [3.05, 3.63) is 23.8 Å². The molecule has 1 aromatic carbocycles. The van der Waals surface area contributed by atoms with Crippen LogP contribution in [0.5, 0.6) is 11.5 Å². The van der Waals surface area contributed by atoms with E-state index in [0.717, 1.165) is 61.1 Å². The molecular weight excluding hydrogens is 402 g/mol. The number of hydrogen-bond acceptors (Lipinski definition) is 5. The SMILES string of the molecule is COc1ccc(OC)c(CCNC(=S)N2CCC(N3C(=O)OCC3C(C)C)CC2)c1. The van der Waals surface area contributed by atoms with Crippen LogP contribution in [0.3, 0.4) is 0 Å². The van der Waals surface area contributed by atoms with E-state index in [1.165, 1.54) is 0 Å². The van der Waals surface area contributed by atoms with Gasteiger partial charge in [0.25, 0.3) is 0 Å². The molecule has 0 aliphatic carbocycles. The summed E-state index contributed by atoms with van der Waals surface area (Å²) < 4.78 is 16.1. The molecule has 8 heteroatoms. The number of nitrogens with one attached hydrogen (secondary N) is 1. The molecule has 0 bridgehead atoms. The molecule has 2 aliphatic heterocycles. The van der Waals surface area contributed by atoms with E-state index < -0.39 is 0 Å². The molecule has 2 fully saturated rings. The van der Waals surface area contributed by atoms with Gasteiger partial charge in [-0.2, -0.15) is 0 Å². The van der Waals surface area contributed by atoms with E-state index in [0.29, 0.717) is 12.5 Å². The van der Waals surface area contributed by atoms with Gasteiger partial charge < -0.3 is 24.4 Å². The third kappa shape index (κ3) is 5.09. The number of piperidine rings is 1. The van der Waals surface area contributed by atoms with E-state index in [1.54, 1.807) is 14.2 Å². The summed E-state index contributed by atoms with van der Waals surface area (Å²) in [7, 11) is 3.33. The van der Waals surface area contributed by atoms with Gasteiger partial charge in [-0.3, -0.25) is 4.90 Å². The molecule has 0 aromatic heterocycles. The first-order chi connectivity index (χ1) is 14.4. The van der Waals surface area contributed by atoms with Gasteiger partial charge in [0, 0.05) is 25.7 Å². The number of rotatable bonds is 7. The van der Waals surface area contributed by atoms with Crippen LogP contribution in [0.1, 0.15) is 32.3 Å².